The van der Waals surface area contributed by atoms with Crippen LogP contribution in [0.4, 0.5) is 11.6 Å². The van der Waals surface area contributed by atoms with Gasteiger partial charge in [-0.25, -0.2) is 9.67 Å². The summed E-state index contributed by atoms with van der Waals surface area (Å²) in [4.78, 5) is 28.8. The number of morpholine rings is 1. The van der Waals surface area contributed by atoms with Crippen LogP contribution in [0.2, 0.25) is 0 Å². The molecule has 0 aliphatic carbocycles. The van der Waals surface area contributed by atoms with E-state index in [0.717, 1.165) is 47.7 Å². The summed E-state index contributed by atoms with van der Waals surface area (Å²) >= 11 is 3.40. The molecule has 0 amide bonds. The molecule has 10 nitrogen and oxygen atoms in total. The molecule has 1 N–H and O–H groups in total. The van der Waals surface area contributed by atoms with Crippen LogP contribution in [0.15, 0.2) is 82.6 Å². The molecule has 1 aliphatic heterocycles. The second-order valence-electron chi connectivity index (χ2n) is 9.16. The lowest BCUT2D eigenvalue weighted by atomic mass is 10.1. The minimum Gasteiger partial charge on any atom is -0.371 e. The molecule has 1 atom stereocenters. The molecule has 5 aromatic rings. The van der Waals surface area contributed by atoms with Crippen molar-refractivity contribution in [3.63, 3.8) is 0 Å². The number of likely N-dealkylation sites (N-methyl/N-ethyl adjacent to an activating group) is 1. The van der Waals surface area contributed by atoms with E-state index in [4.69, 9.17) is 9.72 Å². The van der Waals surface area contributed by atoms with Crippen molar-refractivity contribution in [2.75, 3.05) is 32.1 Å². The van der Waals surface area contributed by atoms with Gasteiger partial charge in [-0.2, -0.15) is 10.1 Å². The lowest BCUT2D eigenvalue weighted by Crippen LogP contribution is -2.35. The lowest BCUT2D eigenvalue weighted by molar-refractivity contribution is -0.0208. The second-order valence-corrected chi connectivity index (χ2v) is 10.0. The van der Waals surface area contributed by atoms with E-state index < -0.39 is 0 Å². The van der Waals surface area contributed by atoms with Gasteiger partial charge in [-0.3, -0.25) is 14.3 Å². The van der Waals surface area contributed by atoms with E-state index in [-0.39, 0.29) is 18.2 Å². The van der Waals surface area contributed by atoms with Crippen LogP contribution >= 0.6 is 15.9 Å². The Kier molecular flexibility index (Phi) is 6.71. The van der Waals surface area contributed by atoms with Crippen molar-refractivity contribution in [3.8, 4) is 5.69 Å². The fourth-order valence-electron chi connectivity index (χ4n) is 4.55. The lowest BCUT2D eigenvalue weighted by Gasteiger charge is -2.30. The molecule has 11 heteroatoms. The number of halogens is 1. The average molecular weight is 573 g/mol. The summed E-state index contributed by atoms with van der Waals surface area (Å²) in [7, 11) is 2.10. The van der Waals surface area contributed by atoms with Gasteiger partial charge in [-0.05, 0) is 64.9 Å². The Bertz CT molecular complexity index is 1640. The molecule has 0 radical (unpaired) electrons. The first-order valence-corrected chi connectivity index (χ1v) is 13.0. The quantitative estimate of drug-likeness (QED) is 0.326. The molecule has 1 aromatic carbocycles. The van der Waals surface area contributed by atoms with E-state index in [1.807, 2.05) is 30.3 Å². The molecule has 4 aromatic heterocycles. The predicted octanol–water partition coefficient (Wildman–Crippen LogP) is 3.93. The molecule has 1 fully saturated rings. The van der Waals surface area contributed by atoms with Crippen LogP contribution in [-0.2, 0) is 11.3 Å². The number of anilines is 2. The van der Waals surface area contributed by atoms with Gasteiger partial charge in [-0.15, -0.1) is 0 Å². The van der Waals surface area contributed by atoms with Crippen molar-refractivity contribution in [1.29, 1.82) is 0 Å². The van der Waals surface area contributed by atoms with Gasteiger partial charge < -0.3 is 15.0 Å². The maximum atomic E-state index is 13.2. The highest BCUT2D eigenvalue weighted by Crippen LogP contribution is 2.25. The number of nitrogens with zero attached hydrogens (tertiary/aromatic N) is 7. The smallest absolute Gasteiger partial charge is 0.266 e. The maximum absolute atomic E-state index is 13.2. The molecule has 38 heavy (non-hydrogen) atoms. The van der Waals surface area contributed by atoms with Gasteiger partial charge >= 0.3 is 0 Å². The Morgan fingerprint density at radius 2 is 1.92 bits per heavy atom. The minimum atomic E-state index is -0.188. The van der Waals surface area contributed by atoms with Gasteiger partial charge in [-0.1, -0.05) is 12.1 Å². The zero-order valence-corrected chi connectivity index (χ0v) is 22.2. The third kappa shape index (κ3) is 4.95. The van der Waals surface area contributed by atoms with E-state index in [1.165, 1.54) is 0 Å². The third-order valence-corrected chi connectivity index (χ3v) is 7.11. The van der Waals surface area contributed by atoms with Gasteiger partial charge in [0.15, 0.2) is 0 Å². The molecule has 1 aliphatic rings. The number of hydrogen-bond donors (Lipinski definition) is 1. The summed E-state index contributed by atoms with van der Waals surface area (Å²) < 4.78 is 9.78. The summed E-state index contributed by atoms with van der Waals surface area (Å²) in [6.07, 6.45) is 6.90. The molecular weight excluding hydrogens is 548 g/mol. The maximum Gasteiger partial charge on any atom is 0.266 e. The van der Waals surface area contributed by atoms with E-state index >= 15 is 0 Å². The first kappa shape index (κ1) is 24.4. The Hall–Kier alpha value is -3.93. The number of rotatable bonds is 6. The summed E-state index contributed by atoms with van der Waals surface area (Å²) in [6.45, 7) is 2.82. The number of nitrogens with one attached hydrogen (secondary N) is 1. The van der Waals surface area contributed by atoms with Crippen molar-refractivity contribution in [2.24, 2.45) is 0 Å². The monoisotopic (exact) mass is 572 g/mol. The number of ether oxygens (including phenoxy) is 1. The number of fused-ring (bicyclic) bond motifs is 1. The fourth-order valence-corrected chi connectivity index (χ4v) is 5.01. The molecular formula is C27H25BrN8O2. The van der Waals surface area contributed by atoms with E-state index in [0.29, 0.717) is 16.1 Å². The Balaban J connectivity index is 1.30. The zero-order valence-electron chi connectivity index (χ0n) is 20.7. The van der Waals surface area contributed by atoms with Crippen molar-refractivity contribution in [1.82, 2.24) is 34.2 Å². The van der Waals surface area contributed by atoms with Crippen molar-refractivity contribution in [3.05, 3.63) is 99.4 Å². The molecule has 192 valence electrons. The van der Waals surface area contributed by atoms with Crippen LogP contribution in [0.1, 0.15) is 17.4 Å². The van der Waals surface area contributed by atoms with Gasteiger partial charge in [0.05, 0.1) is 35.1 Å². The topological polar surface area (TPSA) is 103 Å². The number of benzene rings is 1. The molecule has 0 bridgehead atoms. The molecule has 1 unspecified atom stereocenters. The van der Waals surface area contributed by atoms with Crippen LogP contribution in [0.5, 0.6) is 0 Å². The van der Waals surface area contributed by atoms with Crippen molar-refractivity contribution in [2.45, 2.75) is 12.6 Å². The number of pyridine rings is 2. The second kappa shape index (κ2) is 10.4. The van der Waals surface area contributed by atoms with Crippen LogP contribution in [0.3, 0.4) is 0 Å². The minimum absolute atomic E-state index is 0.0631. The highest BCUT2D eigenvalue weighted by Gasteiger charge is 2.19. The van der Waals surface area contributed by atoms with Crippen LogP contribution in [0.25, 0.3) is 16.7 Å². The standard InChI is InChI=1S/C27H25BrN8O2/c1-34-12-13-38-24(17-34)18-2-4-20(5-3-18)32-27-30-15-19-14-23(28)26(37)35(25(19)33-27)16-22-8-11-31-36(22)21-6-9-29-10-7-21/h2-11,14-15,24H,12-13,16-17H2,1H3,(H,30,32,33). The van der Waals surface area contributed by atoms with E-state index in [2.05, 4.69) is 60.4 Å². The zero-order chi connectivity index (χ0) is 26.1. The fraction of sp³-hybridized carbons (Fsp3) is 0.222. The Labute approximate surface area is 227 Å². The van der Waals surface area contributed by atoms with Crippen molar-refractivity contribution >= 4 is 38.6 Å². The molecule has 0 spiro atoms. The van der Waals surface area contributed by atoms with Crippen LogP contribution in [0, 0.1) is 0 Å². The van der Waals surface area contributed by atoms with Gasteiger partial charge in [0.2, 0.25) is 5.95 Å². The average Bonchev–Trinajstić information content (AvgIpc) is 3.41. The van der Waals surface area contributed by atoms with Gasteiger partial charge in [0, 0.05) is 49.0 Å². The van der Waals surface area contributed by atoms with Crippen molar-refractivity contribution < 1.29 is 4.74 Å². The summed E-state index contributed by atoms with van der Waals surface area (Å²) in [6, 6.07) is 15.5. The van der Waals surface area contributed by atoms with Crippen LogP contribution < -0.4 is 10.9 Å². The predicted molar refractivity (Wildman–Crippen MR) is 148 cm³/mol. The SMILES string of the molecule is CN1CCOC(c2ccc(Nc3ncc4cc(Br)c(=O)n(Cc5ccnn5-c5ccncc5)c4n3)cc2)C1. The largest absolute Gasteiger partial charge is 0.371 e. The van der Waals surface area contributed by atoms with Gasteiger partial charge in [0.1, 0.15) is 5.65 Å². The van der Waals surface area contributed by atoms with E-state index in [9.17, 15) is 4.79 Å². The molecule has 6 rings (SSSR count). The van der Waals surface area contributed by atoms with E-state index in [1.54, 1.807) is 40.1 Å². The molecule has 5 heterocycles. The Morgan fingerprint density at radius 1 is 1.11 bits per heavy atom. The highest BCUT2D eigenvalue weighted by atomic mass is 79.9. The summed E-state index contributed by atoms with van der Waals surface area (Å²) in [5.74, 6) is 0.400. The third-order valence-electron chi connectivity index (χ3n) is 6.54. The summed E-state index contributed by atoms with van der Waals surface area (Å²) in [5, 5.41) is 8.45. The first-order chi connectivity index (χ1) is 18.5. The van der Waals surface area contributed by atoms with Gasteiger partial charge in [0.25, 0.3) is 5.56 Å². The highest BCUT2D eigenvalue weighted by molar-refractivity contribution is 9.10. The number of aromatic nitrogens is 6. The normalized spacial score (nSPS) is 16.1. The number of hydrogen-bond acceptors (Lipinski definition) is 8. The van der Waals surface area contributed by atoms with Crippen LogP contribution in [-0.4, -0.2) is 60.9 Å². The molecule has 1 saturated heterocycles. The Morgan fingerprint density at radius 3 is 2.71 bits per heavy atom. The summed E-state index contributed by atoms with van der Waals surface area (Å²) in [5.41, 5.74) is 4.00. The first-order valence-electron chi connectivity index (χ1n) is 12.2. The molecule has 0 saturated carbocycles.